The summed E-state index contributed by atoms with van der Waals surface area (Å²) in [6, 6.07) is 6.04. The lowest BCUT2D eigenvalue weighted by Crippen LogP contribution is -2.36. The number of rotatable bonds is 6. The molecule has 0 fully saturated rings. The van der Waals surface area contributed by atoms with Gasteiger partial charge in [-0.3, -0.25) is 4.79 Å². The van der Waals surface area contributed by atoms with Crippen LogP contribution in [0.15, 0.2) is 24.3 Å². The Labute approximate surface area is 101 Å². The lowest BCUT2D eigenvalue weighted by Gasteiger charge is -2.12. The third-order valence-corrected chi connectivity index (χ3v) is 2.42. The summed E-state index contributed by atoms with van der Waals surface area (Å²) in [6.07, 6.45) is 0.754. The molecule has 0 bridgehead atoms. The molecule has 0 aliphatic heterocycles. The van der Waals surface area contributed by atoms with E-state index in [1.54, 1.807) is 26.0 Å². The van der Waals surface area contributed by atoms with Gasteiger partial charge in [-0.05, 0) is 44.5 Å². The van der Waals surface area contributed by atoms with Gasteiger partial charge < -0.3 is 10.1 Å². The van der Waals surface area contributed by atoms with E-state index in [2.05, 4.69) is 5.32 Å². The molecular formula is C13H18FNO2. The average molecular weight is 239 g/mol. The van der Waals surface area contributed by atoms with E-state index < -0.39 is 0 Å². The summed E-state index contributed by atoms with van der Waals surface area (Å²) in [5, 5.41) is 3.06. The van der Waals surface area contributed by atoms with E-state index in [0.717, 1.165) is 12.0 Å². The first-order chi connectivity index (χ1) is 8.13. The molecule has 3 nitrogen and oxygen atoms in total. The standard InChI is InChI=1S/C13H18FNO2/c1-3-17-13(16)10(2)15-9-8-11-4-6-12(14)7-5-11/h4-7,10,15H,3,8-9H2,1-2H3. The van der Waals surface area contributed by atoms with E-state index in [1.807, 2.05) is 0 Å². The molecule has 0 aliphatic rings. The Morgan fingerprint density at radius 3 is 2.65 bits per heavy atom. The minimum Gasteiger partial charge on any atom is -0.465 e. The van der Waals surface area contributed by atoms with Crippen molar-refractivity contribution in [3.63, 3.8) is 0 Å². The SMILES string of the molecule is CCOC(=O)C(C)NCCc1ccc(F)cc1. The molecule has 0 amide bonds. The zero-order valence-electron chi connectivity index (χ0n) is 10.2. The normalized spacial score (nSPS) is 12.2. The minimum atomic E-state index is -0.310. The second kappa shape index (κ2) is 7.01. The van der Waals surface area contributed by atoms with Gasteiger partial charge in [0, 0.05) is 0 Å². The van der Waals surface area contributed by atoms with Crippen LogP contribution in [0.3, 0.4) is 0 Å². The molecule has 1 unspecified atom stereocenters. The molecular weight excluding hydrogens is 221 g/mol. The fourth-order valence-corrected chi connectivity index (χ4v) is 1.43. The van der Waals surface area contributed by atoms with E-state index in [1.165, 1.54) is 12.1 Å². The van der Waals surface area contributed by atoms with E-state index in [-0.39, 0.29) is 17.8 Å². The second-order valence-electron chi connectivity index (χ2n) is 3.80. The molecule has 0 saturated heterocycles. The third-order valence-electron chi connectivity index (χ3n) is 2.42. The van der Waals surface area contributed by atoms with Crippen molar-refractivity contribution in [2.75, 3.05) is 13.2 Å². The Morgan fingerprint density at radius 2 is 2.06 bits per heavy atom. The first-order valence-corrected chi connectivity index (χ1v) is 5.78. The summed E-state index contributed by atoms with van der Waals surface area (Å²) in [5.74, 6) is -0.479. The van der Waals surface area contributed by atoms with Crippen LogP contribution in [-0.4, -0.2) is 25.2 Å². The first-order valence-electron chi connectivity index (χ1n) is 5.78. The summed E-state index contributed by atoms with van der Waals surface area (Å²) < 4.78 is 17.5. The van der Waals surface area contributed by atoms with Crippen LogP contribution in [0.25, 0.3) is 0 Å². The number of hydrogen-bond donors (Lipinski definition) is 1. The smallest absolute Gasteiger partial charge is 0.322 e. The molecule has 1 aromatic carbocycles. The lowest BCUT2D eigenvalue weighted by molar-refractivity contribution is -0.145. The number of ether oxygens (including phenoxy) is 1. The van der Waals surface area contributed by atoms with Gasteiger partial charge in [-0.2, -0.15) is 0 Å². The number of esters is 1. The highest BCUT2D eigenvalue weighted by atomic mass is 19.1. The highest BCUT2D eigenvalue weighted by Crippen LogP contribution is 2.03. The number of benzene rings is 1. The molecule has 0 aliphatic carbocycles. The lowest BCUT2D eigenvalue weighted by atomic mass is 10.1. The summed E-state index contributed by atoms with van der Waals surface area (Å²) in [4.78, 5) is 11.3. The molecule has 0 heterocycles. The van der Waals surface area contributed by atoms with Crippen LogP contribution in [0, 0.1) is 5.82 Å². The van der Waals surface area contributed by atoms with Gasteiger partial charge in [0.15, 0.2) is 0 Å². The molecule has 1 aromatic rings. The first kappa shape index (κ1) is 13.6. The number of carbonyl (C=O) groups is 1. The zero-order valence-corrected chi connectivity index (χ0v) is 10.2. The quantitative estimate of drug-likeness (QED) is 0.771. The third kappa shape index (κ3) is 4.95. The molecule has 94 valence electrons. The summed E-state index contributed by atoms with van der Waals surface area (Å²) >= 11 is 0. The Balaban J connectivity index is 2.27. The van der Waals surface area contributed by atoms with Crippen molar-refractivity contribution in [3.8, 4) is 0 Å². The summed E-state index contributed by atoms with van der Waals surface area (Å²) in [5.41, 5.74) is 1.04. The van der Waals surface area contributed by atoms with Crippen LogP contribution < -0.4 is 5.32 Å². The summed E-state index contributed by atoms with van der Waals surface area (Å²) in [6.45, 7) is 4.60. The molecule has 1 atom stereocenters. The van der Waals surface area contributed by atoms with Crippen molar-refractivity contribution < 1.29 is 13.9 Å². The van der Waals surface area contributed by atoms with E-state index >= 15 is 0 Å². The van der Waals surface area contributed by atoms with E-state index in [9.17, 15) is 9.18 Å². The van der Waals surface area contributed by atoms with Crippen molar-refractivity contribution in [2.45, 2.75) is 26.3 Å². The van der Waals surface area contributed by atoms with Gasteiger partial charge >= 0.3 is 5.97 Å². The van der Waals surface area contributed by atoms with Crippen molar-refractivity contribution in [1.29, 1.82) is 0 Å². The predicted octanol–water partition coefficient (Wildman–Crippen LogP) is 1.91. The molecule has 0 saturated carbocycles. The monoisotopic (exact) mass is 239 g/mol. The molecule has 17 heavy (non-hydrogen) atoms. The van der Waals surface area contributed by atoms with Crippen LogP contribution in [0.1, 0.15) is 19.4 Å². The van der Waals surface area contributed by atoms with Gasteiger partial charge in [0.1, 0.15) is 11.9 Å². The molecule has 1 N–H and O–H groups in total. The Bertz CT molecular complexity index is 351. The van der Waals surface area contributed by atoms with Crippen LogP contribution >= 0.6 is 0 Å². The van der Waals surface area contributed by atoms with Crippen LogP contribution in [0.2, 0.25) is 0 Å². The van der Waals surface area contributed by atoms with Gasteiger partial charge in [0.25, 0.3) is 0 Å². The Morgan fingerprint density at radius 1 is 1.41 bits per heavy atom. The number of hydrogen-bond acceptors (Lipinski definition) is 3. The van der Waals surface area contributed by atoms with Gasteiger partial charge in [-0.1, -0.05) is 12.1 Å². The number of carbonyl (C=O) groups excluding carboxylic acids is 1. The van der Waals surface area contributed by atoms with Crippen molar-refractivity contribution in [3.05, 3.63) is 35.6 Å². The van der Waals surface area contributed by atoms with Crippen molar-refractivity contribution in [1.82, 2.24) is 5.32 Å². The van der Waals surface area contributed by atoms with Crippen LogP contribution in [-0.2, 0) is 16.0 Å². The fourth-order valence-electron chi connectivity index (χ4n) is 1.43. The molecule has 0 radical (unpaired) electrons. The molecule has 0 spiro atoms. The van der Waals surface area contributed by atoms with Crippen molar-refractivity contribution >= 4 is 5.97 Å². The largest absolute Gasteiger partial charge is 0.465 e. The molecule has 1 rings (SSSR count). The van der Waals surface area contributed by atoms with Crippen molar-refractivity contribution in [2.24, 2.45) is 0 Å². The minimum absolute atomic E-state index is 0.235. The highest BCUT2D eigenvalue weighted by molar-refractivity contribution is 5.75. The number of nitrogens with one attached hydrogen (secondary N) is 1. The predicted molar refractivity (Wildman–Crippen MR) is 64.2 cm³/mol. The van der Waals surface area contributed by atoms with Gasteiger partial charge in [0.05, 0.1) is 6.61 Å². The molecule has 4 heteroatoms. The second-order valence-corrected chi connectivity index (χ2v) is 3.80. The van der Waals surface area contributed by atoms with E-state index in [0.29, 0.717) is 13.2 Å². The zero-order chi connectivity index (χ0) is 12.7. The van der Waals surface area contributed by atoms with Gasteiger partial charge in [-0.25, -0.2) is 4.39 Å². The average Bonchev–Trinajstić information content (AvgIpc) is 2.32. The maximum atomic E-state index is 12.7. The van der Waals surface area contributed by atoms with Crippen LogP contribution in [0.5, 0.6) is 0 Å². The van der Waals surface area contributed by atoms with E-state index in [4.69, 9.17) is 4.74 Å². The van der Waals surface area contributed by atoms with Gasteiger partial charge in [0.2, 0.25) is 0 Å². The van der Waals surface area contributed by atoms with Gasteiger partial charge in [-0.15, -0.1) is 0 Å². The Hall–Kier alpha value is -1.42. The maximum absolute atomic E-state index is 12.7. The van der Waals surface area contributed by atoms with Crippen LogP contribution in [0.4, 0.5) is 4.39 Å². The maximum Gasteiger partial charge on any atom is 0.322 e. The Kier molecular flexibility index (Phi) is 5.63. The molecule has 0 aromatic heterocycles. The summed E-state index contributed by atoms with van der Waals surface area (Å²) in [7, 11) is 0. The topological polar surface area (TPSA) is 38.3 Å². The number of halogens is 1. The fraction of sp³-hybridized carbons (Fsp3) is 0.462. The highest BCUT2D eigenvalue weighted by Gasteiger charge is 2.12.